The summed E-state index contributed by atoms with van der Waals surface area (Å²) < 4.78 is 31.0. The zero-order valence-corrected chi connectivity index (χ0v) is 13.3. The second kappa shape index (κ2) is 6.72. The SMILES string of the molecule is CCc1c[nH]c(C)n1.O=S(=O)(O)c1cccc2ccccc12. The Morgan fingerprint density at radius 3 is 2.36 bits per heavy atom. The van der Waals surface area contributed by atoms with Gasteiger partial charge in [0.25, 0.3) is 10.1 Å². The highest BCUT2D eigenvalue weighted by Crippen LogP contribution is 2.21. The Labute approximate surface area is 129 Å². The van der Waals surface area contributed by atoms with Gasteiger partial charge in [-0.1, -0.05) is 43.3 Å². The van der Waals surface area contributed by atoms with E-state index < -0.39 is 10.1 Å². The third kappa shape index (κ3) is 3.93. The van der Waals surface area contributed by atoms with Gasteiger partial charge in [0.2, 0.25) is 0 Å². The number of benzene rings is 2. The number of hydrogen-bond acceptors (Lipinski definition) is 3. The standard InChI is InChI=1S/C10H8O3S.C6H10N2/c11-14(12,13)10-7-3-5-8-4-1-2-6-9(8)10;1-3-6-4-7-5(2)8-6/h1-7H,(H,11,12,13);4H,3H2,1-2H3,(H,7,8). The van der Waals surface area contributed by atoms with Gasteiger partial charge in [0, 0.05) is 11.6 Å². The molecule has 1 heterocycles. The van der Waals surface area contributed by atoms with E-state index in [-0.39, 0.29) is 4.90 Å². The molecule has 0 unspecified atom stereocenters. The van der Waals surface area contributed by atoms with Crippen molar-refractivity contribution in [1.29, 1.82) is 0 Å². The highest BCUT2D eigenvalue weighted by atomic mass is 32.2. The van der Waals surface area contributed by atoms with Crippen molar-refractivity contribution in [3.05, 3.63) is 60.2 Å². The number of imidazole rings is 1. The molecular weight excluding hydrogens is 300 g/mol. The molecule has 0 fully saturated rings. The van der Waals surface area contributed by atoms with E-state index in [4.69, 9.17) is 4.55 Å². The molecular formula is C16H18N2O3S. The minimum absolute atomic E-state index is 0.0457. The van der Waals surface area contributed by atoms with Gasteiger partial charge >= 0.3 is 0 Å². The van der Waals surface area contributed by atoms with E-state index >= 15 is 0 Å². The highest BCUT2D eigenvalue weighted by Gasteiger charge is 2.12. The van der Waals surface area contributed by atoms with Gasteiger partial charge in [-0.15, -0.1) is 0 Å². The van der Waals surface area contributed by atoms with Crippen LogP contribution in [0.5, 0.6) is 0 Å². The monoisotopic (exact) mass is 318 g/mol. The maximum absolute atomic E-state index is 11.0. The van der Waals surface area contributed by atoms with E-state index in [2.05, 4.69) is 16.9 Å². The zero-order chi connectivity index (χ0) is 16.2. The molecule has 116 valence electrons. The number of aromatic nitrogens is 2. The minimum atomic E-state index is -4.13. The summed E-state index contributed by atoms with van der Waals surface area (Å²) in [5.41, 5.74) is 1.14. The van der Waals surface area contributed by atoms with E-state index in [1.54, 1.807) is 30.3 Å². The lowest BCUT2D eigenvalue weighted by Gasteiger charge is -2.02. The fraction of sp³-hybridized carbons (Fsp3) is 0.188. The van der Waals surface area contributed by atoms with Crippen molar-refractivity contribution in [2.45, 2.75) is 25.2 Å². The number of aryl methyl sites for hydroxylation is 2. The first kappa shape index (κ1) is 16.2. The second-order valence-electron chi connectivity index (χ2n) is 4.78. The molecule has 0 aliphatic heterocycles. The Kier molecular flexibility index (Phi) is 4.95. The van der Waals surface area contributed by atoms with Crippen molar-refractivity contribution in [3.8, 4) is 0 Å². The van der Waals surface area contributed by atoms with Gasteiger partial charge in [-0.3, -0.25) is 4.55 Å². The third-order valence-electron chi connectivity index (χ3n) is 3.15. The van der Waals surface area contributed by atoms with Crippen LogP contribution >= 0.6 is 0 Å². The summed E-state index contributed by atoms with van der Waals surface area (Å²) in [6, 6.07) is 11.8. The second-order valence-corrected chi connectivity index (χ2v) is 6.17. The van der Waals surface area contributed by atoms with Crippen LogP contribution in [-0.4, -0.2) is 22.9 Å². The first-order valence-electron chi connectivity index (χ1n) is 6.88. The summed E-state index contributed by atoms with van der Waals surface area (Å²) in [6.45, 7) is 4.05. The molecule has 0 amide bonds. The van der Waals surface area contributed by atoms with Crippen LogP contribution in [0.2, 0.25) is 0 Å². The molecule has 3 aromatic rings. The normalized spacial score (nSPS) is 11.0. The highest BCUT2D eigenvalue weighted by molar-refractivity contribution is 7.86. The summed E-state index contributed by atoms with van der Waals surface area (Å²) in [7, 11) is -4.13. The number of hydrogen-bond donors (Lipinski definition) is 2. The Morgan fingerprint density at radius 1 is 1.14 bits per heavy atom. The Bertz CT molecular complexity index is 864. The molecule has 0 aliphatic rings. The molecule has 0 spiro atoms. The number of nitrogens with one attached hydrogen (secondary N) is 1. The first-order valence-corrected chi connectivity index (χ1v) is 8.32. The molecule has 2 N–H and O–H groups in total. The average Bonchev–Trinajstić information content (AvgIpc) is 2.92. The molecule has 0 radical (unpaired) electrons. The lowest BCUT2D eigenvalue weighted by atomic mass is 10.1. The van der Waals surface area contributed by atoms with Gasteiger partial charge < -0.3 is 4.98 Å². The molecule has 0 aliphatic carbocycles. The molecule has 0 atom stereocenters. The lowest BCUT2D eigenvalue weighted by molar-refractivity contribution is 0.484. The topological polar surface area (TPSA) is 83.0 Å². The largest absolute Gasteiger partial charge is 0.349 e. The van der Waals surface area contributed by atoms with E-state index in [0.717, 1.165) is 23.3 Å². The maximum Gasteiger partial charge on any atom is 0.295 e. The molecule has 1 aromatic heterocycles. The molecule has 5 nitrogen and oxygen atoms in total. The van der Waals surface area contributed by atoms with Crippen molar-refractivity contribution in [3.63, 3.8) is 0 Å². The predicted octanol–water partition coefficient (Wildman–Crippen LogP) is 3.37. The number of fused-ring (bicyclic) bond motifs is 1. The molecule has 3 rings (SSSR count). The maximum atomic E-state index is 11.0. The van der Waals surface area contributed by atoms with Crippen LogP contribution in [0, 0.1) is 6.92 Å². The minimum Gasteiger partial charge on any atom is -0.349 e. The van der Waals surface area contributed by atoms with Crippen molar-refractivity contribution in [1.82, 2.24) is 9.97 Å². The molecule has 6 heteroatoms. The van der Waals surface area contributed by atoms with E-state index in [0.29, 0.717) is 5.39 Å². The van der Waals surface area contributed by atoms with Crippen LogP contribution in [0.1, 0.15) is 18.4 Å². The molecule has 0 bridgehead atoms. The van der Waals surface area contributed by atoms with Crippen molar-refractivity contribution in [2.75, 3.05) is 0 Å². The quantitative estimate of drug-likeness (QED) is 0.710. The predicted molar refractivity (Wildman–Crippen MR) is 86.5 cm³/mol. The molecule has 22 heavy (non-hydrogen) atoms. The Balaban J connectivity index is 0.000000188. The van der Waals surface area contributed by atoms with Crippen molar-refractivity contribution < 1.29 is 13.0 Å². The Hall–Kier alpha value is -2.18. The van der Waals surface area contributed by atoms with Crippen molar-refractivity contribution in [2.24, 2.45) is 0 Å². The smallest absolute Gasteiger partial charge is 0.295 e. The zero-order valence-electron chi connectivity index (χ0n) is 12.4. The summed E-state index contributed by atoms with van der Waals surface area (Å²) in [4.78, 5) is 7.14. The molecule has 2 aromatic carbocycles. The Morgan fingerprint density at radius 2 is 1.82 bits per heavy atom. The summed E-state index contributed by atoms with van der Waals surface area (Å²) in [5, 5.41) is 1.33. The van der Waals surface area contributed by atoms with Gasteiger partial charge in [0.15, 0.2) is 0 Å². The summed E-state index contributed by atoms with van der Waals surface area (Å²) >= 11 is 0. The van der Waals surface area contributed by atoms with Crippen LogP contribution in [0.4, 0.5) is 0 Å². The average molecular weight is 318 g/mol. The van der Waals surface area contributed by atoms with Gasteiger partial charge in [-0.05, 0) is 24.8 Å². The third-order valence-corrected chi connectivity index (χ3v) is 4.06. The van der Waals surface area contributed by atoms with Crippen LogP contribution in [0.15, 0.2) is 53.6 Å². The summed E-state index contributed by atoms with van der Waals surface area (Å²) in [6.07, 6.45) is 2.96. The number of rotatable bonds is 2. The van der Waals surface area contributed by atoms with Crippen LogP contribution in [0.3, 0.4) is 0 Å². The fourth-order valence-electron chi connectivity index (χ4n) is 2.07. The molecule has 0 saturated carbocycles. The van der Waals surface area contributed by atoms with E-state index in [1.165, 1.54) is 6.07 Å². The van der Waals surface area contributed by atoms with Gasteiger partial charge in [-0.25, -0.2) is 4.98 Å². The molecule has 0 saturated heterocycles. The number of H-pyrrole nitrogens is 1. The van der Waals surface area contributed by atoms with Crippen LogP contribution in [0.25, 0.3) is 10.8 Å². The van der Waals surface area contributed by atoms with E-state index in [1.807, 2.05) is 19.2 Å². The summed E-state index contributed by atoms with van der Waals surface area (Å²) in [5.74, 6) is 1.00. The first-order chi connectivity index (χ1) is 10.4. The number of aromatic amines is 1. The number of nitrogens with zero attached hydrogens (tertiary/aromatic N) is 1. The van der Waals surface area contributed by atoms with Crippen LogP contribution < -0.4 is 0 Å². The van der Waals surface area contributed by atoms with Crippen molar-refractivity contribution >= 4 is 20.9 Å². The van der Waals surface area contributed by atoms with Gasteiger partial charge in [0.1, 0.15) is 10.7 Å². The van der Waals surface area contributed by atoms with Crippen LogP contribution in [-0.2, 0) is 16.5 Å². The van der Waals surface area contributed by atoms with E-state index in [9.17, 15) is 8.42 Å². The fourth-order valence-corrected chi connectivity index (χ4v) is 2.78. The van der Waals surface area contributed by atoms with Gasteiger partial charge in [-0.2, -0.15) is 8.42 Å². The lowest BCUT2D eigenvalue weighted by Crippen LogP contribution is -1.98. The van der Waals surface area contributed by atoms with Gasteiger partial charge in [0.05, 0.1) is 5.69 Å².